The summed E-state index contributed by atoms with van der Waals surface area (Å²) in [6.45, 7) is 36.3. The second-order valence-electron chi connectivity index (χ2n) is 31.7. The van der Waals surface area contributed by atoms with E-state index in [1.54, 1.807) is 49.1 Å². The van der Waals surface area contributed by atoms with Gasteiger partial charge in [0.1, 0.15) is 40.4 Å². The summed E-state index contributed by atoms with van der Waals surface area (Å²) in [7, 11) is 6.90. The number of benzene rings is 6. The molecule has 0 unspecified atom stereocenters. The average molecular weight is 2010 g/mol. The van der Waals surface area contributed by atoms with Crippen LogP contribution in [0.4, 0.5) is 27.1 Å². The van der Waals surface area contributed by atoms with Crippen molar-refractivity contribution in [2.75, 3.05) is 182 Å². The quantitative estimate of drug-likeness (QED) is 0.00598. The third-order valence-electron chi connectivity index (χ3n) is 21.0. The lowest BCUT2D eigenvalue weighted by Crippen LogP contribution is -2.35. The number of aliphatic hydroxyl groups excluding tert-OH is 3. The van der Waals surface area contributed by atoms with E-state index in [0.29, 0.717) is 77.5 Å². The van der Waals surface area contributed by atoms with Gasteiger partial charge in [-0.1, -0.05) is 126 Å². The predicted octanol–water partition coefficient (Wildman–Crippen LogP) is 19.9. The van der Waals surface area contributed by atoms with E-state index in [1.807, 2.05) is 80.3 Å². The number of hydrogen-bond acceptors (Lipinski definition) is 24. The monoisotopic (exact) mass is 2010 g/mol. The number of aryl methyl sites for hydroxylation is 3. The molecule has 5 atom stereocenters. The number of carbonyl (C=O) groups is 1. The van der Waals surface area contributed by atoms with Gasteiger partial charge in [0.25, 0.3) is 5.56 Å². The maximum atomic E-state index is 13.3. The van der Waals surface area contributed by atoms with E-state index < -0.39 is 21.6 Å². The highest BCUT2D eigenvalue weighted by atomic mass is 127. The number of likely N-dealkylation sites (tertiary alicyclic amines) is 4. The van der Waals surface area contributed by atoms with E-state index in [4.69, 9.17) is 60.3 Å². The van der Waals surface area contributed by atoms with Crippen molar-refractivity contribution in [1.82, 2.24) is 34.5 Å². The van der Waals surface area contributed by atoms with Gasteiger partial charge in [-0.2, -0.15) is 0 Å². The molecule has 5 aliphatic heterocycles. The number of nitrogens with one attached hydrogen (secondary N) is 1. The highest BCUT2D eigenvalue weighted by Gasteiger charge is 2.23. The number of alkyl halides is 2. The first kappa shape index (κ1) is 125. The third-order valence-corrected chi connectivity index (χ3v) is 21.6. The van der Waals surface area contributed by atoms with E-state index in [2.05, 4.69) is 108 Å². The van der Waals surface area contributed by atoms with Gasteiger partial charge in [-0.3, -0.25) is 29.6 Å². The molecule has 0 spiro atoms. The number of hydrogen-bond donors (Lipinski definition) is 7. The molecule has 0 bridgehead atoms. The first-order valence-corrected chi connectivity index (χ1v) is 46.5. The number of anilines is 2. The van der Waals surface area contributed by atoms with Crippen LogP contribution in [0.2, 0.25) is 0 Å². The summed E-state index contributed by atoms with van der Waals surface area (Å²) in [5.74, 6) is 6.88. The first-order chi connectivity index (χ1) is 59.6. The number of halogens is 4. The molecule has 5 aliphatic rings. The van der Waals surface area contributed by atoms with Gasteiger partial charge in [0, 0.05) is 120 Å². The minimum Gasteiger partial charge on any atom is -0.494 e. The maximum absolute atomic E-state index is 13.3. The molecule has 9 N–H and O–H groups in total. The van der Waals surface area contributed by atoms with Crippen LogP contribution in [-0.2, 0) is 0 Å². The van der Waals surface area contributed by atoms with Gasteiger partial charge in [0.05, 0.1) is 85.9 Å². The Morgan fingerprint density at radius 2 is 0.922 bits per heavy atom. The summed E-state index contributed by atoms with van der Waals surface area (Å²) in [5.41, 5.74) is 15.2. The minimum atomic E-state index is -0.980. The van der Waals surface area contributed by atoms with Crippen molar-refractivity contribution >= 4 is 90.5 Å². The van der Waals surface area contributed by atoms with Gasteiger partial charge in [-0.05, 0) is 252 Å². The Balaban J connectivity index is -0.00000147. The zero-order chi connectivity index (χ0) is 91.9. The topological polar surface area (TPSA) is 361 Å². The Bertz CT molecular complexity index is 4240. The Kier molecular flexibility index (Phi) is 70.5. The molecule has 7 aromatic rings. The number of rotatable bonds is 28. The van der Waals surface area contributed by atoms with Crippen molar-refractivity contribution in [2.45, 2.75) is 181 Å². The summed E-state index contributed by atoms with van der Waals surface area (Å²) in [5, 5.41) is 58.3. The fraction of sp³-hybridized carbons (Fsp3) is 0.598. The van der Waals surface area contributed by atoms with Crippen LogP contribution in [0.1, 0.15) is 188 Å². The smallest absolute Gasteiger partial charge is 0.337 e. The number of fused-ring (bicyclic) bond motifs is 1. The number of nitrogens with zero attached hydrogens (tertiary/aromatic N) is 8. The van der Waals surface area contributed by atoms with Crippen LogP contribution in [-0.4, -0.2) is 236 Å². The Hall–Kier alpha value is -7.96. The lowest BCUT2D eigenvalue weighted by Gasteiger charge is -2.30. The molecule has 0 aliphatic carbocycles. The number of carboxylic acids is 1. The van der Waals surface area contributed by atoms with Crippen molar-refractivity contribution in [3.8, 4) is 45.9 Å². The first-order valence-electron chi connectivity index (χ1n) is 43.2. The van der Waals surface area contributed by atoms with E-state index in [9.17, 15) is 34.2 Å². The molecular weight excluding hydrogens is 1850 g/mol. The van der Waals surface area contributed by atoms with Crippen molar-refractivity contribution < 1.29 is 72.6 Å². The van der Waals surface area contributed by atoms with Gasteiger partial charge in [-0.25, -0.2) is 14.2 Å². The number of nitro benzene ring substituents is 2. The maximum Gasteiger partial charge on any atom is 0.337 e. The van der Waals surface area contributed by atoms with Gasteiger partial charge in [-0.15, -0.1) is 12.4 Å². The molecule has 32 heteroatoms. The van der Waals surface area contributed by atoms with Crippen molar-refractivity contribution in [2.24, 2.45) is 29.6 Å². The number of aromatic nitrogens is 2. The molecule has 734 valence electrons. The van der Waals surface area contributed by atoms with E-state index >= 15 is 0 Å². The normalized spacial score (nSPS) is 16.7. The number of nitro groups is 2. The van der Waals surface area contributed by atoms with Crippen molar-refractivity contribution in [1.29, 1.82) is 0 Å². The summed E-state index contributed by atoms with van der Waals surface area (Å²) < 4.78 is 52.0. The lowest BCUT2D eigenvalue weighted by atomic mass is 10.0. The van der Waals surface area contributed by atoms with E-state index in [-0.39, 0.29) is 76.1 Å². The summed E-state index contributed by atoms with van der Waals surface area (Å²) in [6, 6.07) is 29.5. The number of aliphatic hydroxyl groups is 3. The summed E-state index contributed by atoms with van der Waals surface area (Å²) in [6.07, 6.45) is 18.3. The third kappa shape index (κ3) is 48.8. The van der Waals surface area contributed by atoms with Crippen LogP contribution in [0.3, 0.4) is 0 Å². The molecule has 129 heavy (non-hydrogen) atoms. The van der Waals surface area contributed by atoms with Gasteiger partial charge in [0.15, 0.2) is 5.75 Å². The number of nitrogen functional groups attached to an aromatic ring is 2. The Labute approximate surface area is 799 Å². The molecule has 0 amide bonds. The zero-order valence-corrected chi connectivity index (χ0v) is 81.0. The molecule has 1 aromatic heterocycles. The molecule has 28 nitrogen and oxygen atoms in total. The minimum absolute atomic E-state index is 0. The second-order valence-corrected chi connectivity index (χ2v) is 32.5. The van der Waals surface area contributed by atoms with Crippen LogP contribution in [0.5, 0.6) is 40.2 Å². The molecule has 12 rings (SSSR count). The summed E-state index contributed by atoms with van der Waals surface area (Å²) >= 11 is 5.30. The average Bonchev–Trinajstić information content (AvgIpc) is 0.766. The predicted molar refractivity (Wildman–Crippen MR) is 543 cm³/mol. The van der Waals surface area contributed by atoms with Crippen LogP contribution in [0, 0.1) is 76.4 Å². The number of aromatic carboxylic acids is 1. The Morgan fingerprint density at radius 3 is 1.30 bits per heavy atom. The van der Waals surface area contributed by atoms with E-state index in [0.717, 1.165) is 148 Å². The van der Waals surface area contributed by atoms with Crippen LogP contribution >= 0.6 is 50.9 Å². The fourth-order valence-electron chi connectivity index (χ4n) is 14.7. The molecule has 0 saturated carbocycles. The number of ether oxygens (including phenoxy) is 7. The SMILES string of the molecule is C.C.C.C.CI.CO.COc1cc(F)ccc1[N+](=O)[O-].COc1cc(OCCCN2CCC[C@H](C)C2)ccc1-n1c(C)nc2ccc(C)cc2c1=O.COc1cc(OCCCN2CCC[C@H](C)C2)ccc1N.COc1cc(OCCCN2CCC[C@H](C)C2)ccc1[N+](=O)[O-].C[C@H]1CCCN(CCCO)C1.C[C@H]1CCCNC1.Cc1ccc(N)c(C(=O)O)c1.Cl.OCCCBr. The largest absolute Gasteiger partial charge is 0.494 e. The number of methoxy groups -OCH3 is 4. The fourth-order valence-corrected chi connectivity index (χ4v) is 15.0. The van der Waals surface area contributed by atoms with Gasteiger partial charge in [0.2, 0.25) is 5.75 Å². The molecule has 0 radical (unpaired) electrons. The number of piperidine rings is 5. The van der Waals surface area contributed by atoms with Crippen LogP contribution in [0.25, 0.3) is 16.6 Å². The summed E-state index contributed by atoms with van der Waals surface area (Å²) in [4.78, 5) is 60.4. The highest BCUT2D eigenvalue weighted by Crippen LogP contribution is 2.33. The molecule has 5 saturated heterocycles. The zero-order valence-electron chi connectivity index (χ0n) is 76.4. The number of nitrogens with two attached hydrogens (primary N) is 2. The van der Waals surface area contributed by atoms with Gasteiger partial charge < -0.3 is 90.0 Å². The van der Waals surface area contributed by atoms with Crippen molar-refractivity contribution in [3.05, 3.63) is 168 Å². The number of carboxylic acid groups (broad SMARTS) is 1. The van der Waals surface area contributed by atoms with E-state index in [1.165, 1.54) is 150 Å². The molecular formula is C97H161BrClFIN11O17. The standard InChI is InChI=1S/C26H33N3O3.C16H24N2O4.C16H26N2O2.C9H19NO.C8H9NO2.C7H6FNO3.C6H13N.C3H7BrO.CH3I.CH4O.4CH4.ClH/c1-18-8-10-23-22(15-18)26(30)29(20(3)27-23)24-11-9-21(16-25(24)31-4)32-14-6-13-28-12-5-7-19(2)17-28;1-13-5-3-8-17(12-13)9-4-10-22-14-6-7-15(18(19)20)16(11-14)21-2;1-13-5-3-8-18(12-13)9-4-10-20-14-6-7-15(17)16(11-14)19-2;1-9-4-2-5-10(8-9)6-3-7-11;1-5-2-3-7(9)6(4-5)8(10)11;1-12-7-4-5(8)2-3-6(7)9(10)11;1-6-3-2-4-7-5-6;4-2-1-3-5;2*1-2;;;;;/h8-11,15-16,19H,5-7,12-14,17H2,1-4H3;6-7,11,13H,3-5,8-10,12H2,1-2H3;6-7,11,13H,3-5,8-10,12,17H2,1-2H3;9,11H,2-8H2,1H3;2-4H,9H2,1H3,(H,10,11);2-4H,1H3;6-7H,2-5H2,1H3;5H,1-3H2;1H3;2H,1H3;4*1H4;1H/t19-;2*13-;9-;;;6-;;;;;;;;/m0000..0......../s1. The van der Waals surface area contributed by atoms with Crippen molar-refractivity contribution in [3.63, 3.8) is 0 Å². The van der Waals surface area contributed by atoms with Gasteiger partial charge >= 0.3 is 17.3 Å². The molecule has 5 fully saturated rings. The molecule has 6 aromatic carbocycles. The lowest BCUT2D eigenvalue weighted by molar-refractivity contribution is -0.385. The second kappa shape index (κ2) is 72.6. The Morgan fingerprint density at radius 1 is 0.535 bits per heavy atom. The van der Waals surface area contributed by atoms with Crippen LogP contribution < -0.4 is 55.5 Å². The molecule has 6 heterocycles. The highest BCUT2D eigenvalue weighted by molar-refractivity contribution is 14.1. The van der Waals surface area contributed by atoms with Crippen LogP contribution in [0.15, 0.2) is 114 Å².